The van der Waals surface area contributed by atoms with Crippen LogP contribution in [0.25, 0.3) is 0 Å². The van der Waals surface area contributed by atoms with Crippen molar-refractivity contribution in [3.8, 4) is 0 Å². The van der Waals surface area contributed by atoms with Crippen LogP contribution in [0.5, 0.6) is 0 Å². The first-order valence-corrected chi connectivity index (χ1v) is 6.84. The molecular weight excluding hydrogens is 234 g/mol. The van der Waals surface area contributed by atoms with Crippen LogP contribution in [0.1, 0.15) is 42.0 Å². The predicted octanol–water partition coefficient (Wildman–Crippen LogP) is 3.05. The summed E-state index contributed by atoms with van der Waals surface area (Å²) in [5, 5.41) is 2.92. The van der Waals surface area contributed by atoms with Gasteiger partial charge in [-0.05, 0) is 25.5 Å². The molecule has 3 nitrogen and oxygen atoms in total. The molecular formula is C13H21NO2S. The normalized spacial score (nSPS) is 12.4. The van der Waals surface area contributed by atoms with Gasteiger partial charge in [0, 0.05) is 29.8 Å². The van der Waals surface area contributed by atoms with Crippen molar-refractivity contribution in [2.24, 2.45) is 0 Å². The van der Waals surface area contributed by atoms with Crippen LogP contribution in [0.2, 0.25) is 0 Å². The fraction of sp³-hybridized carbons (Fsp3) is 0.615. The lowest BCUT2D eigenvalue weighted by Crippen LogP contribution is -2.28. The summed E-state index contributed by atoms with van der Waals surface area (Å²) in [6.07, 6.45) is 2.57. The van der Waals surface area contributed by atoms with Crippen molar-refractivity contribution in [3.63, 3.8) is 0 Å². The molecule has 17 heavy (non-hydrogen) atoms. The van der Waals surface area contributed by atoms with E-state index in [4.69, 9.17) is 4.74 Å². The van der Waals surface area contributed by atoms with Crippen molar-refractivity contribution in [2.75, 3.05) is 13.7 Å². The number of aryl methyl sites for hydroxylation is 1. The number of thiophene rings is 1. The summed E-state index contributed by atoms with van der Waals surface area (Å²) in [5.41, 5.74) is 0. The Labute approximate surface area is 107 Å². The fourth-order valence-electron chi connectivity index (χ4n) is 1.56. The number of methoxy groups -OCH3 is 1. The Morgan fingerprint density at radius 1 is 1.53 bits per heavy atom. The number of rotatable bonds is 7. The molecule has 4 heteroatoms. The maximum absolute atomic E-state index is 11.5. The van der Waals surface area contributed by atoms with Crippen molar-refractivity contribution in [1.82, 2.24) is 5.32 Å². The van der Waals surface area contributed by atoms with Gasteiger partial charge in [0.15, 0.2) is 0 Å². The van der Waals surface area contributed by atoms with E-state index in [1.54, 1.807) is 18.4 Å². The minimum absolute atomic E-state index is 0.0284. The van der Waals surface area contributed by atoms with E-state index in [1.165, 1.54) is 9.75 Å². The Kier molecular flexibility index (Phi) is 6.22. The van der Waals surface area contributed by atoms with E-state index < -0.39 is 0 Å². The molecule has 0 fully saturated rings. The number of carbonyl (C=O) groups excluding carboxylic acids is 1. The maximum atomic E-state index is 11.5. The van der Waals surface area contributed by atoms with Crippen LogP contribution >= 0.6 is 11.3 Å². The summed E-state index contributed by atoms with van der Waals surface area (Å²) in [7, 11) is 1.68. The monoisotopic (exact) mass is 255 g/mol. The van der Waals surface area contributed by atoms with Gasteiger partial charge in [0.25, 0.3) is 0 Å². The van der Waals surface area contributed by atoms with E-state index in [2.05, 4.69) is 31.3 Å². The zero-order valence-electron chi connectivity index (χ0n) is 10.8. The van der Waals surface area contributed by atoms with E-state index in [-0.39, 0.29) is 12.0 Å². The highest BCUT2D eigenvalue weighted by atomic mass is 32.1. The van der Waals surface area contributed by atoms with Gasteiger partial charge in [-0.15, -0.1) is 11.3 Å². The van der Waals surface area contributed by atoms with Crippen LogP contribution in [0, 0.1) is 6.92 Å². The molecule has 1 aromatic rings. The second-order valence-corrected chi connectivity index (χ2v) is 5.40. The Balaban J connectivity index is 2.40. The van der Waals surface area contributed by atoms with Crippen LogP contribution in [0.15, 0.2) is 12.1 Å². The zero-order chi connectivity index (χ0) is 12.7. The molecule has 96 valence electrons. The van der Waals surface area contributed by atoms with Crippen LogP contribution in [-0.2, 0) is 9.53 Å². The molecule has 1 N–H and O–H groups in total. The SMILES string of the molecule is CCCCC(=O)NC[C@@H](OC)c1ccc(C)s1. The molecule has 0 bridgehead atoms. The third-order valence-corrected chi connectivity index (χ3v) is 3.70. The van der Waals surface area contributed by atoms with Gasteiger partial charge in [0.1, 0.15) is 6.10 Å². The first-order chi connectivity index (χ1) is 8.17. The van der Waals surface area contributed by atoms with E-state index >= 15 is 0 Å². The van der Waals surface area contributed by atoms with E-state index in [0.717, 1.165) is 12.8 Å². The summed E-state index contributed by atoms with van der Waals surface area (Å²) < 4.78 is 5.40. The second-order valence-electron chi connectivity index (χ2n) is 4.08. The Bertz CT molecular complexity index is 349. The minimum atomic E-state index is -0.0284. The van der Waals surface area contributed by atoms with E-state index in [9.17, 15) is 4.79 Å². The predicted molar refractivity (Wildman–Crippen MR) is 71.3 cm³/mol. The smallest absolute Gasteiger partial charge is 0.220 e. The van der Waals surface area contributed by atoms with Gasteiger partial charge in [0.2, 0.25) is 5.91 Å². The van der Waals surface area contributed by atoms with Crippen molar-refractivity contribution in [3.05, 3.63) is 21.9 Å². The lowest BCUT2D eigenvalue weighted by molar-refractivity contribution is -0.121. The number of unbranched alkanes of at least 4 members (excludes halogenated alkanes) is 1. The number of hydrogen-bond acceptors (Lipinski definition) is 3. The van der Waals surface area contributed by atoms with Crippen molar-refractivity contribution < 1.29 is 9.53 Å². The van der Waals surface area contributed by atoms with Gasteiger partial charge < -0.3 is 10.1 Å². The van der Waals surface area contributed by atoms with Crippen molar-refractivity contribution >= 4 is 17.2 Å². The molecule has 0 aliphatic carbocycles. The standard InChI is InChI=1S/C13H21NO2S/c1-4-5-6-13(15)14-9-11(16-3)12-8-7-10(2)17-12/h7-8,11H,4-6,9H2,1-3H3,(H,14,15)/t11-/m1/s1. The quantitative estimate of drug-likeness (QED) is 0.813. The summed E-state index contributed by atoms with van der Waals surface area (Å²) in [6, 6.07) is 4.14. The van der Waals surface area contributed by atoms with E-state index in [0.29, 0.717) is 13.0 Å². The summed E-state index contributed by atoms with van der Waals surface area (Å²) in [5.74, 6) is 0.113. The zero-order valence-corrected chi connectivity index (χ0v) is 11.6. The molecule has 1 amide bonds. The minimum Gasteiger partial charge on any atom is -0.374 e. The molecule has 0 aromatic carbocycles. The van der Waals surface area contributed by atoms with Crippen molar-refractivity contribution in [1.29, 1.82) is 0 Å². The highest BCUT2D eigenvalue weighted by molar-refractivity contribution is 7.12. The third-order valence-electron chi connectivity index (χ3n) is 2.61. The topological polar surface area (TPSA) is 38.3 Å². The lowest BCUT2D eigenvalue weighted by atomic mass is 10.2. The highest BCUT2D eigenvalue weighted by Gasteiger charge is 2.13. The number of amides is 1. The van der Waals surface area contributed by atoms with Gasteiger partial charge in [0.05, 0.1) is 0 Å². The summed E-state index contributed by atoms with van der Waals surface area (Å²) in [4.78, 5) is 13.9. The average Bonchev–Trinajstić information content (AvgIpc) is 2.74. The van der Waals surface area contributed by atoms with Crippen LogP contribution in [0.3, 0.4) is 0 Å². The Hall–Kier alpha value is -0.870. The Morgan fingerprint density at radius 3 is 2.82 bits per heavy atom. The molecule has 0 radical (unpaired) electrons. The first-order valence-electron chi connectivity index (χ1n) is 6.03. The molecule has 0 saturated heterocycles. The van der Waals surface area contributed by atoms with Gasteiger partial charge in [-0.25, -0.2) is 0 Å². The lowest BCUT2D eigenvalue weighted by Gasteiger charge is -2.14. The number of ether oxygens (including phenoxy) is 1. The van der Waals surface area contributed by atoms with Crippen LogP contribution < -0.4 is 5.32 Å². The van der Waals surface area contributed by atoms with Crippen LogP contribution in [0.4, 0.5) is 0 Å². The van der Waals surface area contributed by atoms with Gasteiger partial charge in [-0.3, -0.25) is 4.79 Å². The van der Waals surface area contributed by atoms with Crippen LogP contribution in [-0.4, -0.2) is 19.6 Å². The molecule has 0 aliphatic heterocycles. The van der Waals surface area contributed by atoms with Gasteiger partial charge in [-0.2, -0.15) is 0 Å². The number of hydrogen-bond donors (Lipinski definition) is 1. The molecule has 1 aromatic heterocycles. The van der Waals surface area contributed by atoms with E-state index in [1.807, 2.05) is 0 Å². The summed E-state index contributed by atoms with van der Waals surface area (Å²) >= 11 is 1.71. The second kappa shape index (κ2) is 7.45. The Morgan fingerprint density at radius 2 is 2.29 bits per heavy atom. The number of carbonyl (C=O) groups is 1. The maximum Gasteiger partial charge on any atom is 0.220 e. The molecule has 0 unspecified atom stereocenters. The number of nitrogens with one attached hydrogen (secondary N) is 1. The van der Waals surface area contributed by atoms with Gasteiger partial charge in [-0.1, -0.05) is 13.3 Å². The molecule has 1 atom stereocenters. The molecule has 0 saturated carbocycles. The molecule has 1 heterocycles. The van der Waals surface area contributed by atoms with Crippen molar-refractivity contribution in [2.45, 2.75) is 39.2 Å². The first kappa shape index (κ1) is 14.2. The van der Waals surface area contributed by atoms with Gasteiger partial charge >= 0.3 is 0 Å². The third kappa shape index (κ3) is 4.88. The highest BCUT2D eigenvalue weighted by Crippen LogP contribution is 2.24. The fourth-order valence-corrected chi connectivity index (χ4v) is 2.51. The average molecular weight is 255 g/mol. The molecule has 1 rings (SSSR count). The summed E-state index contributed by atoms with van der Waals surface area (Å²) in [6.45, 7) is 4.71. The molecule has 0 spiro atoms. The molecule has 0 aliphatic rings. The largest absolute Gasteiger partial charge is 0.374 e.